The molecule has 3 nitrogen and oxygen atoms in total. The highest BCUT2D eigenvalue weighted by atomic mass is 16.2. The van der Waals surface area contributed by atoms with E-state index in [2.05, 4.69) is 6.07 Å². The van der Waals surface area contributed by atoms with Crippen molar-refractivity contribution in [2.45, 2.75) is 20.3 Å². The van der Waals surface area contributed by atoms with Gasteiger partial charge in [0, 0.05) is 25.9 Å². The van der Waals surface area contributed by atoms with Gasteiger partial charge < -0.3 is 4.90 Å². The SMILES string of the molecule is CC(=O)N1CCC(C(C)C#N)C1. The molecule has 12 heavy (non-hydrogen) atoms. The van der Waals surface area contributed by atoms with Crippen molar-refractivity contribution < 1.29 is 4.79 Å². The van der Waals surface area contributed by atoms with E-state index in [4.69, 9.17) is 5.26 Å². The molecule has 1 rings (SSSR count). The minimum Gasteiger partial charge on any atom is -0.343 e. The van der Waals surface area contributed by atoms with Crippen LogP contribution in [0.2, 0.25) is 0 Å². The van der Waals surface area contributed by atoms with Crippen LogP contribution in [0.25, 0.3) is 0 Å². The van der Waals surface area contributed by atoms with Crippen molar-refractivity contribution >= 4 is 5.91 Å². The third-order valence-electron chi connectivity index (χ3n) is 2.58. The zero-order valence-corrected chi connectivity index (χ0v) is 7.58. The zero-order valence-electron chi connectivity index (χ0n) is 7.58. The molecule has 1 aliphatic rings. The lowest BCUT2D eigenvalue weighted by Crippen LogP contribution is -2.26. The molecule has 0 radical (unpaired) electrons. The Morgan fingerprint density at radius 1 is 1.75 bits per heavy atom. The van der Waals surface area contributed by atoms with Gasteiger partial charge in [0.05, 0.1) is 6.07 Å². The van der Waals surface area contributed by atoms with Gasteiger partial charge in [-0.05, 0) is 19.3 Å². The minimum atomic E-state index is 0.0781. The molecule has 0 aromatic rings. The van der Waals surface area contributed by atoms with E-state index in [-0.39, 0.29) is 11.8 Å². The van der Waals surface area contributed by atoms with Crippen LogP contribution in [0.5, 0.6) is 0 Å². The first-order valence-corrected chi connectivity index (χ1v) is 4.30. The third-order valence-corrected chi connectivity index (χ3v) is 2.58. The highest BCUT2D eigenvalue weighted by Crippen LogP contribution is 2.23. The highest BCUT2D eigenvalue weighted by Gasteiger charge is 2.27. The van der Waals surface area contributed by atoms with Crippen LogP contribution in [0, 0.1) is 23.2 Å². The van der Waals surface area contributed by atoms with Gasteiger partial charge >= 0.3 is 0 Å². The van der Waals surface area contributed by atoms with Crippen LogP contribution in [0.3, 0.4) is 0 Å². The minimum absolute atomic E-state index is 0.0781. The summed E-state index contributed by atoms with van der Waals surface area (Å²) in [6.07, 6.45) is 0.980. The van der Waals surface area contributed by atoms with Crippen molar-refractivity contribution in [2.75, 3.05) is 13.1 Å². The van der Waals surface area contributed by atoms with Gasteiger partial charge in [0.15, 0.2) is 0 Å². The summed E-state index contributed by atoms with van der Waals surface area (Å²) in [5.41, 5.74) is 0. The zero-order chi connectivity index (χ0) is 9.14. The van der Waals surface area contributed by atoms with E-state index in [9.17, 15) is 4.79 Å². The van der Waals surface area contributed by atoms with Crippen molar-refractivity contribution in [2.24, 2.45) is 11.8 Å². The second-order valence-electron chi connectivity index (χ2n) is 3.43. The van der Waals surface area contributed by atoms with Crippen molar-refractivity contribution in [1.29, 1.82) is 5.26 Å². The van der Waals surface area contributed by atoms with E-state index in [0.29, 0.717) is 5.92 Å². The largest absolute Gasteiger partial charge is 0.343 e. The lowest BCUT2D eigenvalue weighted by Gasteiger charge is -2.14. The van der Waals surface area contributed by atoms with Gasteiger partial charge in [-0.1, -0.05) is 0 Å². The van der Waals surface area contributed by atoms with Gasteiger partial charge in [-0.15, -0.1) is 0 Å². The highest BCUT2D eigenvalue weighted by molar-refractivity contribution is 5.73. The summed E-state index contributed by atoms with van der Waals surface area (Å²) in [6.45, 7) is 5.10. The number of carbonyl (C=O) groups is 1. The first-order chi connectivity index (χ1) is 5.65. The maximum atomic E-state index is 10.9. The molecule has 0 N–H and O–H groups in total. The first kappa shape index (κ1) is 9.05. The lowest BCUT2D eigenvalue weighted by molar-refractivity contribution is -0.127. The van der Waals surface area contributed by atoms with Crippen LogP contribution >= 0.6 is 0 Å². The quantitative estimate of drug-likeness (QED) is 0.583. The average molecular weight is 166 g/mol. The second-order valence-corrected chi connectivity index (χ2v) is 3.43. The maximum Gasteiger partial charge on any atom is 0.219 e. The van der Waals surface area contributed by atoms with Crippen molar-refractivity contribution in [3.8, 4) is 6.07 Å². The Bertz CT molecular complexity index is 219. The fourth-order valence-corrected chi connectivity index (χ4v) is 1.59. The molecule has 0 aliphatic carbocycles. The number of carbonyl (C=O) groups excluding carboxylic acids is 1. The van der Waals surface area contributed by atoms with Gasteiger partial charge in [-0.25, -0.2) is 0 Å². The topological polar surface area (TPSA) is 44.1 Å². The molecular weight excluding hydrogens is 152 g/mol. The molecule has 0 bridgehead atoms. The van der Waals surface area contributed by atoms with Crippen LogP contribution < -0.4 is 0 Å². The van der Waals surface area contributed by atoms with E-state index >= 15 is 0 Å². The van der Waals surface area contributed by atoms with Crippen molar-refractivity contribution in [3.63, 3.8) is 0 Å². The molecule has 1 amide bonds. The van der Waals surface area contributed by atoms with Gasteiger partial charge in [-0.2, -0.15) is 5.26 Å². The number of hydrogen-bond acceptors (Lipinski definition) is 2. The summed E-state index contributed by atoms with van der Waals surface area (Å²) in [5, 5.41) is 8.67. The molecule has 1 aliphatic heterocycles. The normalized spacial score (nSPS) is 25.1. The van der Waals surface area contributed by atoms with Crippen LogP contribution in [-0.4, -0.2) is 23.9 Å². The fourth-order valence-electron chi connectivity index (χ4n) is 1.59. The summed E-state index contributed by atoms with van der Waals surface area (Å²) in [7, 11) is 0. The van der Waals surface area contributed by atoms with E-state index in [1.165, 1.54) is 0 Å². The Balaban J connectivity index is 2.46. The summed E-state index contributed by atoms with van der Waals surface area (Å²) in [6, 6.07) is 2.23. The number of rotatable bonds is 1. The molecular formula is C9H14N2O. The van der Waals surface area contributed by atoms with Crippen LogP contribution in [-0.2, 0) is 4.79 Å². The number of nitrogens with zero attached hydrogens (tertiary/aromatic N) is 2. The predicted molar refractivity (Wildman–Crippen MR) is 45.1 cm³/mol. The summed E-state index contributed by atoms with van der Waals surface area (Å²) in [4.78, 5) is 12.8. The molecule has 2 atom stereocenters. The van der Waals surface area contributed by atoms with Crippen molar-refractivity contribution in [1.82, 2.24) is 4.90 Å². The van der Waals surface area contributed by atoms with Crippen LogP contribution in [0.15, 0.2) is 0 Å². The molecule has 0 aromatic carbocycles. The van der Waals surface area contributed by atoms with E-state index in [0.717, 1.165) is 19.5 Å². The number of amides is 1. The van der Waals surface area contributed by atoms with E-state index in [1.54, 1.807) is 6.92 Å². The molecule has 1 saturated heterocycles. The molecule has 1 heterocycles. The Labute approximate surface area is 73.0 Å². The van der Waals surface area contributed by atoms with Crippen LogP contribution in [0.1, 0.15) is 20.3 Å². The average Bonchev–Trinajstić information content (AvgIpc) is 2.51. The summed E-state index contributed by atoms with van der Waals surface area (Å²) < 4.78 is 0. The number of hydrogen-bond donors (Lipinski definition) is 0. The molecule has 2 unspecified atom stereocenters. The fraction of sp³-hybridized carbons (Fsp3) is 0.778. The van der Waals surface area contributed by atoms with E-state index < -0.39 is 0 Å². The van der Waals surface area contributed by atoms with Gasteiger partial charge in [0.2, 0.25) is 5.91 Å². The Kier molecular flexibility index (Phi) is 2.69. The molecule has 3 heteroatoms. The standard InChI is InChI=1S/C9H14N2O/c1-7(5-10)9-3-4-11(6-9)8(2)12/h7,9H,3-4,6H2,1-2H3. The summed E-state index contributed by atoms with van der Waals surface area (Å²) in [5.74, 6) is 0.593. The molecule has 0 aromatic heterocycles. The maximum absolute atomic E-state index is 10.9. The summed E-state index contributed by atoms with van der Waals surface area (Å²) >= 11 is 0. The Morgan fingerprint density at radius 3 is 2.83 bits per heavy atom. The molecule has 0 spiro atoms. The molecule has 0 saturated carbocycles. The smallest absolute Gasteiger partial charge is 0.219 e. The predicted octanol–water partition coefficient (Wildman–Crippen LogP) is 1.01. The Morgan fingerprint density at radius 2 is 2.42 bits per heavy atom. The molecule has 1 fully saturated rings. The third kappa shape index (κ3) is 1.76. The number of nitriles is 1. The van der Waals surface area contributed by atoms with Crippen LogP contribution in [0.4, 0.5) is 0 Å². The van der Waals surface area contributed by atoms with Gasteiger partial charge in [0.25, 0.3) is 0 Å². The Hall–Kier alpha value is -1.04. The van der Waals surface area contributed by atoms with Gasteiger partial charge in [0.1, 0.15) is 0 Å². The number of likely N-dealkylation sites (tertiary alicyclic amines) is 1. The second kappa shape index (κ2) is 3.57. The monoisotopic (exact) mass is 166 g/mol. The molecule has 66 valence electrons. The van der Waals surface area contributed by atoms with Crippen molar-refractivity contribution in [3.05, 3.63) is 0 Å². The lowest BCUT2D eigenvalue weighted by atomic mass is 9.95. The first-order valence-electron chi connectivity index (χ1n) is 4.30. The van der Waals surface area contributed by atoms with Gasteiger partial charge in [-0.3, -0.25) is 4.79 Å². The van der Waals surface area contributed by atoms with E-state index in [1.807, 2.05) is 11.8 Å².